The third-order valence-electron chi connectivity index (χ3n) is 4.73. The number of methoxy groups -OCH3 is 1. The van der Waals surface area contributed by atoms with E-state index in [9.17, 15) is 9.59 Å². The standard InChI is InChI=1S/C25H22ClNO4/c1-31-23-14-3-17(4-15-23)2-13-22(28)16-24(18-5-9-20(26)10-6-18)27-21-11-7-19(8-12-21)25(29)30/h2-15,24,27H,16H2,1H3,(H,29,30)/b13-2+. The highest BCUT2D eigenvalue weighted by molar-refractivity contribution is 6.30. The van der Waals surface area contributed by atoms with E-state index in [-0.39, 0.29) is 23.8 Å². The lowest BCUT2D eigenvalue weighted by molar-refractivity contribution is -0.114. The molecule has 0 saturated carbocycles. The molecule has 158 valence electrons. The molecule has 0 fully saturated rings. The number of hydrogen-bond donors (Lipinski definition) is 2. The SMILES string of the molecule is COc1ccc(/C=C/C(=O)CC(Nc2ccc(C(=O)O)cc2)c2ccc(Cl)cc2)cc1. The van der Waals surface area contributed by atoms with E-state index in [1.54, 1.807) is 43.5 Å². The Hall–Kier alpha value is -3.57. The smallest absolute Gasteiger partial charge is 0.335 e. The number of carbonyl (C=O) groups excluding carboxylic acids is 1. The minimum atomic E-state index is -0.986. The van der Waals surface area contributed by atoms with Crippen LogP contribution in [0.25, 0.3) is 6.08 Å². The van der Waals surface area contributed by atoms with Gasteiger partial charge in [-0.25, -0.2) is 4.79 Å². The number of carboxylic acids is 1. The van der Waals surface area contributed by atoms with Crippen LogP contribution in [0.4, 0.5) is 5.69 Å². The molecular weight excluding hydrogens is 414 g/mol. The summed E-state index contributed by atoms with van der Waals surface area (Å²) in [6.07, 6.45) is 3.54. The van der Waals surface area contributed by atoms with Crippen molar-refractivity contribution in [2.75, 3.05) is 12.4 Å². The number of allylic oxidation sites excluding steroid dienone is 1. The molecule has 6 heteroatoms. The molecule has 0 spiro atoms. The molecule has 1 atom stereocenters. The van der Waals surface area contributed by atoms with E-state index < -0.39 is 5.97 Å². The van der Waals surface area contributed by atoms with Crippen molar-refractivity contribution in [2.45, 2.75) is 12.5 Å². The van der Waals surface area contributed by atoms with Crippen LogP contribution in [0.15, 0.2) is 78.9 Å². The first kappa shape index (κ1) is 22.1. The van der Waals surface area contributed by atoms with Gasteiger partial charge >= 0.3 is 5.97 Å². The Bertz CT molecular complexity index is 1060. The van der Waals surface area contributed by atoms with Crippen LogP contribution in [-0.4, -0.2) is 24.0 Å². The van der Waals surface area contributed by atoms with E-state index in [2.05, 4.69) is 5.32 Å². The van der Waals surface area contributed by atoms with Gasteiger partial charge in [-0.15, -0.1) is 0 Å². The predicted molar refractivity (Wildman–Crippen MR) is 123 cm³/mol. The summed E-state index contributed by atoms with van der Waals surface area (Å²) in [5.41, 5.74) is 2.72. The van der Waals surface area contributed by atoms with Gasteiger partial charge in [0.05, 0.1) is 18.7 Å². The van der Waals surface area contributed by atoms with Crippen molar-refractivity contribution in [2.24, 2.45) is 0 Å². The van der Waals surface area contributed by atoms with Gasteiger partial charge < -0.3 is 15.2 Å². The lowest BCUT2D eigenvalue weighted by atomic mass is 10.00. The minimum Gasteiger partial charge on any atom is -0.497 e. The van der Waals surface area contributed by atoms with Crippen LogP contribution >= 0.6 is 11.6 Å². The first-order chi connectivity index (χ1) is 14.9. The number of benzene rings is 3. The maximum atomic E-state index is 12.7. The van der Waals surface area contributed by atoms with Crippen molar-refractivity contribution in [1.29, 1.82) is 0 Å². The fraction of sp³-hybridized carbons (Fsp3) is 0.120. The first-order valence-electron chi connectivity index (χ1n) is 9.65. The average Bonchev–Trinajstić information content (AvgIpc) is 2.78. The number of rotatable bonds is 9. The molecule has 0 amide bonds. The van der Waals surface area contributed by atoms with Gasteiger partial charge in [-0.3, -0.25) is 4.79 Å². The quantitative estimate of drug-likeness (QED) is 0.411. The van der Waals surface area contributed by atoms with Crippen LogP contribution in [0, 0.1) is 0 Å². The Labute approximate surface area is 185 Å². The predicted octanol–water partition coefficient (Wildman–Crippen LogP) is 5.87. The molecule has 3 rings (SSSR count). The zero-order valence-electron chi connectivity index (χ0n) is 16.9. The summed E-state index contributed by atoms with van der Waals surface area (Å²) in [7, 11) is 1.60. The molecule has 3 aromatic carbocycles. The molecular formula is C25H22ClNO4. The Morgan fingerprint density at radius 3 is 2.23 bits per heavy atom. The van der Waals surface area contributed by atoms with E-state index in [4.69, 9.17) is 21.4 Å². The Balaban J connectivity index is 1.75. The van der Waals surface area contributed by atoms with Crippen LogP contribution in [-0.2, 0) is 4.79 Å². The van der Waals surface area contributed by atoms with Gasteiger partial charge in [0.1, 0.15) is 5.75 Å². The number of nitrogens with one attached hydrogen (secondary N) is 1. The van der Waals surface area contributed by atoms with Crippen molar-refractivity contribution in [3.8, 4) is 5.75 Å². The van der Waals surface area contributed by atoms with Crippen molar-refractivity contribution >= 4 is 35.1 Å². The van der Waals surface area contributed by atoms with Gasteiger partial charge in [0.25, 0.3) is 0 Å². The molecule has 0 bridgehead atoms. The lowest BCUT2D eigenvalue weighted by Crippen LogP contribution is -2.14. The molecule has 2 N–H and O–H groups in total. The van der Waals surface area contributed by atoms with Crippen LogP contribution in [0.1, 0.15) is 33.9 Å². The molecule has 0 aliphatic heterocycles. The second kappa shape index (κ2) is 10.5. The highest BCUT2D eigenvalue weighted by atomic mass is 35.5. The van der Waals surface area contributed by atoms with E-state index in [1.165, 1.54) is 12.1 Å². The van der Waals surface area contributed by atoms with Gasteiger partial charge in [0.2, 0.25) is 0 Å². The van der Waals surface area contributed by atoms with Crippen LogP contribution < -0.4 is 10.1 Å². The van der Waals surface area contributed by atoms with Gasteiger partial charge in [-0.05, 0) is 65.7 Å². The molecule has 31 heavy (non-hydrogen) atoms. The van der Waals surface area contributed by atoms with E-state index in [0.717, 1.165) is 22.6 Å². The van der Waals surface area contributed by atoms with Gasteiger partial charge in [0, 0.05) is 17.1 Å². The maximum absolute atomic E-state index is 12.7. The molecule has 5 nitrogen and oxygen atoms in total. The number of halogens is 1. The van der Waals surface area contributed by atoms with Crippen molar-refractivity contribution in [1.82, 2.24) is 0 Å². The number of aromatic carboxylic acids is 1. The minimum absolute atomic E-state index is 0.0505. The molecule has 3 aromatic rings. The zero-order chi connectivity index (χ0) is 22.2. The third-order valence-corrected chi connectivity index (χ3v) is 4.98. The van der Waals surface area contributed by atoms with Crippen molar-refractivity contribution in [3.63, 3.8) is 0 Å². The Kier molecular flexibility index (Phi) is 7.46. The van der Waals surface area contributed by atoms with Gasteiger partial charge in [0.15, 0.2) is 5.78 Å². The maximum Gasteiger partial charge on any atom is 0.335 e. The summed E-state index contributed by atoms with van der Waals surface area (Å²) < 4.78 is 5.14. The zero-order valence-corrected chi connectivity index (χ0v) is 17.7. The average molecular weight is 436 g/mol. The lowest BCUT2D eigenvalue weighted by Gasteiger charge is -2.20. The first-order valence-corrected chi connectivity index (χ1v) is 10.0. The van der Waals surface area contributed by atoms with Crippen molar-refractivity contribution in [3.05, 3.63) is 101 Å². The molecule has 0 aromatic heterocycles. The fourth-order valence-electron chi connectivity index (χ4n) is 3.03. The van der Waals surface area contributed by atoms with Crippen LogP contribution in [0.5, 0.6) is 5.75 Å². The topological polar surface area (TPSA) is 75.6 Å². The molecule has 0 aliphatic carbocycles. The highest BCUT2D eigenvalue weighted by Gasteiger charge is 2.15. The van der Waals surface area contributed by atoms with Gasteiger partial charge in [-0.1, -0.05) is 41.9 Å². The van der Waals surface area contributed by atoms with E-state index in [0.29, 0.717) is 5.02 Å². The highest BCUT2D eigenvalue weighted by Crippen LogP contribution is 2.25. The molecule has 0 aliphatic rings. The number of ketones is 1. The van der Waals surface area contributed by atoms with E-state index in [1.807, 2.05) is 36.4 Å². The Morgan fingerprint density at radius 2 is 1.65 bits per heavy atom. The largest absolute Gasteiger partial charge is 0.497 e. The number of hydrogen-bond acceptors (Lipinski definition) is 4. The van der Waals surface area contributed by atoms with Gasteiger partial charge in [-0.2, -0.15) is 0 Å². The summed E-state index contributed by atoms with van der Waals surface area (Å²) in [5, 5.41) is 13.0. The number of carbonyl (C=O) groups is 2. The molecule has 0 heterocycles. The summed E-state index contributed by atoms with van der Waals surface area (Å²) in [4.78, 5) is 23.7. The summed E-state index contributed by atoms with van der Waals surface area (Å²) >= 11 is 6.01. The molecule has 1 unspecified atom stereocenters. The third kappa shape index (κ3) is 6.46. The molecule has 0 saturated heterocycles. The summed E-state index contributed by atoms with van der Waals surface area (Å²) in [6.45, 7) is 0. The number of ether oxygens (including phenoxy) is 1. The summed E-state index contributed by atoms with van der Waals surface area (Å²) in [6, 6.07) is 20.8. The molecule has 0 radical (unpaired) electrons. The van der Waals surface area contributed by atoms with Crippen LogP contribution in [0.3, 0.4) is 0 Å². The monoisotopic (exact) mass is 435 g/mol. The van der Waals surface area contributed by atoms with E-state index >= 15 is 0 Å². The fourth-order valence-corrected chi connectivity index (χ4v) is 3.16. The second-order valence-corrected chi connectivity index (χ2v) is 7.34. The Morgan fingerprint density at radius 1 is 1.00 bits per heavy atom. The number of carboxylic acid groups (broad SMARTS) is 1. The summed E-state index contributed by atoms with van der Waals surface area (Å²) in [5.74, 6) is -0.283. The van der Waals surface area contributed by atoms with Crippen LogP contribution in [0.2, 0.25) is 5.02 Å². The second-order valence-electron chi connectivity index (χ2n) is 6.91. The number of anilines is 1. The van der Waals surface area contributed by atoms with Crippen molar-refractivity contribution < 1.29 is 19.4 Å². The normalized spacial score (nSPS) is 11.8.